The van der Waals surface area contributed by atoms with Crippen LogP contribution >= 0.6 is 15.9 Å². The van der Waals surface area contributed by atoms with E-state index in [1.807, 2.05) is 4.68 Å². The van der Waals surface area contributed by atoms with E-state index in [-0.39, 0.29) is 0 Å². The van der Waals surface area contributed by atoms with Gasteiger partial charge in [-0.3, -0.25) is 4.90 Å². The molecule has 0 spiro atoms. The lowest BCUT2D eigenvalue weighted by Crippen LogP contribution is -2.37. The first kappa shape index (κ1) is 14.9. The van der Waals surface area contributed by atoms with Gasteiger partial charge >= 0.3 is 0 Å². The van der Waals surface area contributed by atoms with Gasteiger partial charge in [-0.2, -0.15) is 5.10 Å². The molecule has 1 saturated heterocycles. The molecule has 0 aromatic carbocycles. The average Bonchev–Trinajstić information content (AvgIpc) is 2.86. The lowest BCUT2D eigenvalue weighted by Gasteiger charge is -2.31. The molecule has 108 valence electrons. The van der Waals surface area contributed by atoms with E-state index in [4.69, 9.17) is 4.74 Å². The third kappa shape index (κ3) is 4.26. The first-order valence-electron chi connectivity index (χ1n) is 6.99. The molecular weight excluding hydrogens is 308 g/mol. The van der Waals surface area contributed by atoms with E-state index in [0.717, 1.165) is 50.2 Å². The maximum absolute atomic E-state index is 5.77. The predicted octanol–water partition coefficient (Wildman–Crippen LogP) is 2.23. The normalized spacial score (nSPS) is 18.3. The summed E-state index contributed by atoms with van der Waals surface area (Å²) < 4.78 is 7.78. The molecule has 5 nitrogen and oxygen atoms in total. The van der Waals surface area contributed by atoms with Gasteiger partial charge < -0.3 is 4.74 Å². The van der Waals surface area contributed by atoms with E-state index in [1.54, 1.807) is 6.33 Å². The molecule has 0 saturated carbocycles. The lowest BCUT2D eigenvalue weighted by atomic mass is 10.1. The van der Waals surface area contributed by atoms with Crippen LogP contribution in [0.2, 0.25) is 0 Å². The summed E-state index contributed by atoms with van der Waals surface area (Å²) in [6.45, 7) is 8.14. The van der Waals surface area contributed by atoms with Crippen LogP contribution < -0.4 is 0 Å². The Morgan fingerprint density at radius 3 is 2.79 bits per heavy atom. The largest absolute Gasteiger partial charge is 0.377 e. The number of piperidine rings is 1. The number of hydrogen-bond donors (Lipinski definition) is 0. The highest BCUT2D eigenvalue weighted by Crippen LogP contribution is 2.16. The molecule has 1 aliphatic rings. The summed E-state index contributed by atoms with van der Waals surface area (Å²) in [5.41, 5.74) is 0. The van der Waals surface area contributed by atoms with Crippen LogP contribution in [0.25, 0.3) is 0 Å². The number of hydrogen-bond acceptors (Lipinski definition) is 4. The molecule has 2 rings (SSSR count). The van der Waals surface area contributed by atoms with Gasteiger partial charge in [-0.25, -0.2) is 9.67 Å². The first-order chi connectivity index (χ1) is 9.20. The van der Waals surface area contributed by atoms with Gasteiger partial charge in [-0.1, -0.05) is 15.9 Å². The zero-order valence-corrected chi connectivity index (χ0v) is 13.3. The molecule has 19 heavy (non-hydrogen) atoms. The van der Waals surface area contributed by atoms with Crippen molar-refractivity contribution < 1.29 is 4.74 Å². The summed E-state index contributed by atoms with van der Waals surface area (Å²) in [7, 11) is 0. The Hall–Kier alpha value is -0.460. The van der Waals surface area contributed by atoms with Gasteiger partial charge in [0, 0.05) is 24.5 Å². The van der Waals surface area contributed by atoms with Gasteiger partial charge in [0.25, 0.3) is 0 Å². The topological polar surface area (TPSA) is 43.2 Å². The van der Waals surface area contributed by atoms with Crippen LogP contribution in [0.3, 0.4) is 0 Å². The monoisotopic (exact) mass is 330 g/mol. The molecule has 0 radical (unpaired) electrons. The lowest BCUT2D eigenvalue weighted by molar-refractivity contribution is 0.0132. The second-order valence-electron chi connectivity index (χ2n) is 5.25. The molecule has 1 fully saturated rings. The summed E-state index contributed by atoms with van der Waals surface area (Å²) in [5, 5.41) is 5.21. The zero-order chi connectivity index (χ0) is 13.7. The minimum absolute atomic E-state index is 0.373. The summed E-state index contributed by atoms with van der Waals surface area (Å²) in [6.07, 6.45) is 4.31. The van der Waals surface area contributed by atoms with Crippen molar-refractivity contribution in [1.82, 2.24) is 19.7 Å². The number of ether oxygens (including phenoxy) is 1. The second kappa shape index (κ2) is 7.36. The van der Waals surface area contributed by atoms with Crippen molar-refractivity contribution in [1.29, 1.82) is 0 Å². The molecule has 0 atom stereocenters. The second-order valence-corrected chi connectivity index (χ2v) is 6.04. The van der Waals surface area contributed by atoms with Crippen LogP contribution in [0, 0.1) is 0 Å². The zero-order valence-electron chi connectivity index (χ0n) is 11.8. The molecule has 2 heterocycles. The fourth-order valence-corrected chi connectivity index (χ4v) is 2.65. The highest BCUT2D eigenvalue weighted by Gasteiger charge is 2.21. The Morgan fingerprint density at radius 2 is 2.16 bits per heavy atom. The molecule has 6 heteroatoms. The van der Waals surface area contributed by atoms with Crippen molar-refractivity contribution in [2.75, 3.05) is 25.0 Å². The minimum Gasteiger partial charge on any atom is -0.377 e. The highest BCUT2D eigenvalue weighted by atomic mass is 79.9. The SMILES string of the molecule is CC(C)n1ncnc1CN1CCC(OCCBr)CC1. The standard InChI is InChI=1S/C13H23BrN4O/c1-11(2)18-13(15-10-16-18)9-17-6-3-12(4-7-17)19-8-5-14/h10-12H,3-9H2,1-2H3. The minimum atomic E-state index is 0.373. The van der Waals surface area contributed by atoms with E-state index in [9.17, 15) is 0 Å². The van der Waals surface area contributed by atoms with E-state index in [1.165, 1.54) is 0 Å². The van der Waals surface area contributed by atoms with Crippen LogP contribution in [-0.4, -0.2) is 50.8 Å². The molecule has 0 bridgehead atoms. The van der Waals surface area contributed by atoms with Gasteiger partial charge in [0.1, 0.15) is 12.2 Å². The number of alkyl halides is 1. The van der Waals surface area contributed by atoms with Crippen LogP contribution in [0.5, 0.6) is 0 Å². The Morgan fingerprint density at radius 1 is 1.42 bits per heavy atom. The fourth-order valence-electron chi connectivity index (χ4n) is 2.46. The van der Waals surface area contributed by atoms with Gasteiger partial charge in [-0.15, -0.1) is 0 Å². The molecule has 0 aliphatic carbocycles. The fraction of sp³-hybridized carbons (Fsp3) is 0.846. The van der Waals surface area contributed by atoms with Gasteiger partial charge in [0.2, 0.25) is 0 Å². The third-order valence-electron chi connectivity index (χ3n) is 3.47. The van der Waals surface area contributed by atoms with Crippen LogP contribution in [-0.2, 0) is 11.3 Å². The number of aromatic nitrogens is 3. The number of halogens is 1. The average molecular weight is 331 g/mol. The Bertz CT molecular complexity index is 374. The summed E-state index contributed by atoms with van der Waals surface area (Å²) in [5.74, 6) is 1.06. The number of nitrogens with zero attached hydrogens (tertiary/aromatic N) is 4. The summed E-state index contributed by atoms with van der Waals surface area (Å²) in [6, 6.07) is 0.373. The molecule has 0 N–H and O–H groups in total. The van der Waals surface area contributed by atoms with Gasteiger partial charge in [0.05, 0.1) is 19.3 Å². The van der Waals surface area contributed by atoms with Gasteiger partial charge in [-0.05, 0) is 26.7 Å². The third-order valence-corrected chi connectivity index (χ3v) is 3.79. The predicted molar refractivity (Wildman–Crippen MR) is 78.5 cm³/mol. The molecule has 0 amide bonds. The molecular formula is C13H23BrN4O. The van der Waals surface area contributed by atoms with Crippen molar-refractivity contribution in [3.05, 3.63) is 12.2 Å². The molecule has 1 aromatic heterocycles. The van der Waals surface area contributed by atoms with Crippen molar-refractivity contribution in [2.24, 2.45) is 0 Å². The van der Waals surface area contributed by atoms with Crippen LogP contribution in [0.15, 0.2) is 6.33 Å². The Labute approximate surface area is 123 Å². The molecule has 1 aromatic rings. The molecule has 0 unspecified atom stereocenters. The van der Waals surface area contributed by atoms with Gasteiger partial charge in [0.15, 0.2) is 0 Å². The number of likely N-dealkylation sites (tertiary alicyclic amines) is 1. The van der Waals surface area contributed by atoms with E-state index >= 15 is 0 Å². The van der Waals surface area contributed by atoms with Crippen molar-refractivity contribution in [3.8, 4) is 0 Å². The van der Waals surface area contributed by atoms with Crippen LogP contribution in [0.1, 0.15) is 38.6 Å². The highest BCUT2D eigenvalue weighted by molar-refractivity contribution is 9.09. The molecule has 1 aliphatic heterocycles. The van der Waals surface area contributed by atoms with Crippen molar-refractivity contribution >= 4 is 15.9 Å². The van der Waals surface area contributed by atoms with Crippen molar-refractivity contribution in [2.45, 2.75) is 45.4 Å². The Kier molecular flexibility index (Phi) is 5.78. The summed E-state index contributed by atoms with van der Waals surface area (Å²) >= 11 is 3.40. The van der Waals surface area contributed by atoms with E-state index < -0.39 is 0 Å². The summed E-state index contributed by atoms with van der Waals surface area (Å²) in [4.78, 5) is 6.81. The Balaban J connectivity index is 1.80. The van der Waals surface area contributed by atoms with Crippen molar-refractivity contribution in [3.63, 3.8) is 0 Å². The van der Waals surface area contributed by atoms with E-state index in [0.29, 0.717) is 12.1 Å². The quantitative estimate of drug-likeness (QED) is 0.750. The van der Waals surface area contributed by atoms with Crippen LogP contribution in [0.4, 0.5) is 0 Å². The smallest absolute Gasteiger partial charge is 0.141 e. The maximum atomic E-state index is 5.77. The number of rotatable bonds is 6. The first-order valence-corrected chi connectivity index (χ1v) is 8.11. The maximum Gasteiger partial charge on any atom is 0.141 e. The van der Waals surface area contributed by atoms with E-state index in [2.05, 4.69) is 44.8 Å².